The van der Waals surface area contributed by atoms with Crippen molar-refractivity contribution in [2.75, 3.05) is 11.0 Å². The molecule has 1 N–H and O–H groups in total. The van der Waals surface area contributed by atoms with Gasteiger partial charge in [0.05, 0.1) is 23.6 Å². The highest BCUT2D eigenvalue weighted by atomic mass is 32.2. The number of para-hydroxylation sites is 1. The predicted molar refractivity (Wildman–Crippen MR) is 87.5 cm³/mol. The topological polar surface area (TPSA) is 85.6 Å². The van der Waals surface area contributed by atoms with Gasteiger partial charge in [-0.2, -0.15) is 0 Å². The molecule has 3 aromatic rings. The highest BCUT2D eigenvalue weighted by Crippen LogP contribution is 2.33. The number of rotatable bonds is 4. The molecule has 23 heavy (non-hydrogen) atoms. The summed E-state index contributed by atoms with van der Waals surface area (Å²) in [5.74, 6) is 0.733. The van der Waals surface area contributed by atoms with Crippen LogP contribution < -0.4 is 14.9 Å². The highest BCUT2D eigenvalue weighted by molar-refractivity contribution is 7.92. The van der Waals surface area contributed by atoms with Crippen LogP contribution in [0.15, 0.2) is 64.0 Å². The van der Waals surface area contributed by atoms with Crippen LogP contribution in [0.3, 0.4) is 0 Å². The highest BCUT2D eigenvalue weighted by Gasteiger charge is 2.14. The van der Waals surface area contributed by atoms with E-state index in [2.05, 4.69) is 4.72 Å². The molecular formula is C16H13NO5S. The number of anilines is 1. The SMILES string of the molecule is CS(=O)(=O)Nc1cc2occc(=O)c2cc1Oc1ccccc1. The third kappa shape index (κ3) is 3.51. The second kappa shape index (κ2) is 5.77. The van der Waals surface area contributed by atoms with Crippen LogP contribution in [0.2, 0.25) is 0 Å². The molecule has 0 radical (unpaired) electrons. The minimum atomic E-state index is -3.52. The van der Waals surface area contributed by atoms with E-state index in [0.29, 0.717) is 11.1 Å². The van der Waals surface area contributed by atoms with Crippen molar-refractivity contribution in [2.45, 2.75) is 0 Å². The van der Waals surface area contributed by atoms with Gasteiger partial charge >= 0.3 is 0 Å². The summed E-state index contributed by atoms with van der Waals surface area (Å²) >= 11 is 0. The first kappa shape index (κ1) is 15.1. The van der Waals surface area contributed by atoms with Gasteiger partial charge in [0.1, 0.15) is 11.3 Å². The first-order valence-corrected chi connectivity index (χ1v) is 8.58. The molecule has 0 fully saturated rings. The monoisotopic (exact) mass is 331 g/mol. The number of benzene rings is 2. The third-order valence-electron chi connectivity index (χ3n) is 3.03. The van der Waals surface area contributed by atoms with Gasteiger partial charge in [0.15, 0.2) is 11.2 Å². The molecule has 0 saturated carbocycles. The summed E-state index contributed by atoms with van der Waals surface area (Å²) in [6.07, 6.45) is 2.29. The third-order valence-corrected chi connectivity index (χ3v) is 3.62. The van der Waals surface area contributed by atoms with Crippen molar-refractivity contribution >= 4 is 26.7 Å². The molecule has 0 unspecified atom stereocenters. The van der Waals surface area contributed by atoms with Gasteiger partial charge in [0.2, 0.25) is 10.0 Å². The van der Waals surface area contributed by atoms with E-state index in [1.807, 2.05) is 6.07 Å². The van der Waals surface area contributed by atoms with E-state index in [4.69, 9.17) is 9.15 Å². The molecule has 0 atom stereocenters. The van der Waals surface area contributed by atoms with Gasteiger partial charge in [-0.3, -0.25) is 9.52 Å². The van der Waals surface area contributed by atoms with E-state index in [1.54, 1.807) is 24.3 Å². The molecule has 7 heteroatoms. The maximum absolute atomic E-state index is 11.9. The van der Waals surface area contributed by atoms with Crippen LogP contribution in [-0.2, 0) is 10.0 Å². The summed E-state index contributed by atoms with van der Waals surface area (Å²) in [7, 11) is -3.52. The molecule has 0 aliphatic carbocycles. The maximum Gasteiger partial charge on any atom is 0.229 e. The zero-order chi connectivity index (χ0) is 16.4. The zero-order valence-corrected chi connectivity index (χ0v) is 13.0. The molecule has 0 spiro atoms. The van der Waals surface area contributed by atoms with Crippen LogP contribution in [0, 0.1) is 0 Å². The summed E-state index contributed by atoms with van der Waals surface area (Å²) in [5, 5.41) is 0.303. The molecule has 0 aliphatic heterocycles. The van der Waals surface area contributed by atoms with Crippen LogP contribution >= 0.6 is 0 Å². The smallest absolute Gasteiger partial charge is 0.229 e. The summed E-state index contributed by atoms with van der Waals surface area (Å²) in [5.41, 5.74) is 0.220. The minimum Gasteiger partial charge on any atom is -0.464 e. The van der Waals surface area contributed by atoms with Crippen LogP contribution in [0.1, 0.15) is 0 Å². The van der Waals surface area contributed by atoms with E-state index in [1.165, 1.54) is 24.5 Å². The second-order valence-corrected chi connectivity index (χ2v) is 6.67. The summed E-state index contributed by atoms with van der Waals surface area (Å²) in [6.45, 7) is 0. The maximum atomic E-state index is 11.9. The average Bonchev–Trinajstić information content (AvgIpc) is 2.48. The Morgan fingerprint density at radius 3 is 2.52 bits per heavy atom. The lowest BCUT2D eigenvalue weighted by Crippen LogP contribution is -2.11. The molecule has 118 valence electrons. The number of nitrogens with one attached hydrogen (secondary N) is 1. The van der Waals surface area contributed by atoms with Crippen LogP contribution in [0.25, 0.3) is 11.0 Å². The number of fused-ring (bicyclic) bond motifs is 1. The fourth-order valence-corrected chi connectivity index (χ4v) is 2.65. The summed E-state index contributed by atoms with van der Waals surface area (Å²) < 4.78 is 36.4. The lowest BCUT2D eigenvalue weighted by atomic mass is 10.2. The molecule has 0 saturated heterocycles. The Morgan fingerprint density at radius 2 is 1.83 bits per heavy atom. The summed E-state index contributed by atoms with van der Waals surface area (Å²) in [4.78, 5) is 11.9. The van der Waals surface area contributed by atoms with Crippen molar-refractivity contribution < 1.29 is 17.6 Å². The van der Waals surface area contributed by atoms with Crippen LogP contribution in [-0.4, -0.2) is 14.7 Å². The van der Waals surface area contributed by atoms with E-state index in [0.717, 1.165) is 6.26 Å². The van der Waals surface area contributed by atoms with E-state index in [-0.39, 0.29) is 22.4 Å². The Labute approximate surface area is 132 Å². The Hall–Kier alpha value is -2.80. The molecule has 3 rings (SSSR count). The second-order valence-electron chi connectivity index (χ2n) is 4.92. The number of sulfonamides is 1. The van der Waals surface area contributed by atoms with Gasteiger partial charge in [-0.25, -0.2) is 8.42 Å². The van der Waals surface area contributed by atoms with Crippen LogP contribution in [0.5, 0.6) is 11.5 Å². The van der Waals surface area contributed by atoms with Crippen molar-refractivity contribution in [3.8, 4) is 11.5 Å². The Morgan fingerprint density at radius 1 is 1.09 bits per heavy atom. The van der Waals surface area contributed by atoms with Gasteiger partial charge in [0, 0.05) is 12.1 Å². The quantitative estimate of drug-likeness (QED) is 0.794. The standard InChI is InChI=1S/C16H13NO5S/c1-23(19,20)17-13-10-15-12(14(18)7-8-21-15)9-16(13)22-11-5-3-2-4-6-11/h2-10,17H,1H3. The average molecular weight is 331 g/mol. The van der Waals surface area contributed by atoms with Gasteiger partial charge < -0.3 is 9.15 Å². The van der Waals surface area contributed by atoms with Gasteiger partial charge in [-0.1, -0.05) is 18.2 Å². The molecular weight excluding hydrogens is 318 g/mol. The Bertz CT molecular complexity index is 1010. The Balaban J connectivity index is 2.17. The number of hydrogen-bond acceptors (Lipinski definition) is 5. The lowest BCUT2D eigenvalue weighted by Gasteiger charge is -2.13. The zero-order valence-electron chi connectivity index (χ0n) is 12.1. The molecule has 0 amide bonds. The van der Waals surface area contributed by atoms with Crippen molar-refractivity contribution in [3.05, 3.63) is 65.0 Å². The van der Waals surface area contributed by atoms with Crippen molar-refractivity contribution in [1.82, 2.24) is 0 Å². The van der Waals surface area contributed by atoms with Crippen molar-refractivity contribution in [2.24, 2.45) is 0 Å². The van der Waals surface area contributed by atoms with Crippen molar-refractivity contribution in [3.63, 3.8) is 0 Å². The lowest BCUT2D eigenvalue weighted by molar-refractivity contribution is 0.485. The fourth-order valence-electron chi connectivity index (χ4n) is 2.09. The van der Waals surface area contributed by atoms with E-state index >= 15 is 0 Å². The van der Waals surface area contributed by atoms with Crippen LogP contribution in [0.4, 0.5) is 5.69 Å². The Kier molecular flexibility index (Phi) is 3.79. The van der Waals surface area contributed by atoms with E-state index < -0.39 is 10.0 Å². The largest absolute Gasteiger partial charge is 0.464 e. The molecule has 0 bridgehead atoms. The predicted octanol–water partition coefficient (Wildman–Crippen LogP) is 2.96. The normalized spacial score (nSPS) is 11.3. The van der Waals surface area contributed by atoms with Gasteiger partial charge in [-0.05, 0) is 18.2 Å². The van der Waals surface area contributed by atoms with Gasteiger partial charge in [-0.15, -0.1) is 0 Å². The number of ether oxygens (including phenoxy) is 1. The fraction of sp³-hybridized carbons (Fsp3) is 0.0625. The molecule has 0 aliphatic rings. The van der Waals surface area contributed by atoms with Crippen molar-refractivity contribution in [1.29, 1.82) is 0 Å². The summed E-state index contributed by atoms with van der Waals surface area (Å²) in [6, 6.07) is 13.0. The molecule has 1 heterocycles. The molecule has 6 nitrogen and oxygen atoms in total. The minimum absolute atomic E-state index is 0.193. The molecule has 1 aromatic heterocycles. The van der Waals surface area contributed by atoms with E-state index in [9.17, 15) is 13.2 Å². The molecule has 2 aromatic carbocycles. The number of hydrogen-bond donors (Lipinski definition) is 1. The first-order valence-electron chi connectivity index (χ1n) is 6.69. The van der Waals surface area contributed by atoms with Gasteiger partial charge in [0.25, 0.3) is 0 Å². The first-order chi connectivity index (χ1) is 10.9.